The molecule has 4 aliphatic rings. The highest BCUT2D eigenvalue weighted by atomic mass is 31.2. The lowest BCUT2D eigenvalue weighted by Gasteiger charge is -2.44. The van der Waals surface area contributed by atoms with Gasteiger partial charge in [-0.1, -0.05) is 102 Å². The first-order valence-corrected chi connectivity index (χ1v) is 16.8. The number of fused-ring (bicyclic) bond motifs is 4. The SMILES string of the molecule is CC1(C)[C@H]2CC[C@@]1(C)[C@H](OP(=O)(O[C@@H]1C[C@H]3CC[C@@]1(C)C3(C)C)[C@@H](NCc1ccccc1)c1ccccc1)C2. The van der Waals surface area contributed by atoms with Gasteiger partial charge in [0, 0.05) is 6.54 Å². The molecule has 4 nitrogen and oxygen atoms in total. The van der Waals surface area contributed by atoms with Crippen LogP contribution >= 0.6 is 7.60 Å². The van der Waals surface area contributed by atoms with Crippen molar-refractivity contribution in [1.82, 2.24) is 5.32 Å². The van der Waals surface area contributed by atoms with Crippen LogP contribution in [0.3, 0.4) is 0 Å². The quantitative estimate of drug-likeness (QED) is 0.317. The van der Waals surface area contributed by atoms with Gasteiger partial charge in [0.25, 0.3) is 0 Å². The van der Waals surface area contributed by atoms with Crippen molar-refractivity contribution in [2.45, 2.75) is 105 Å². The number of hydrogen-bond donors (Lipinski definition) is 1. The third-order valence-corrected chi connectivity index (χ3v) is 15.0. The van der Waals surface area contributed by atoms with Gasteiger partial charge in [-0.3, -0.25) is 9.88 Å². The predicted molar refractivity (Wildman–Crippen MR) is 158 cm³/mol. The zero-order valence-electron chi connectivity index (χ0n) is 24.8. The number of hydrogen-bond acceptors (Lipinski definition) is 4. The molecule has 212 valence electrons. The first-order chi connectivity index (χ1) is 18.4. The molecule has 0 saturated heterocycles. The molecule has 5 heteroatoms. The Hall–Kier alpha value is -1.45. The lowest BCUT2D eigenvalue weighted by Crippen LogP contribution is -2.40. The van der Waals surface area contributed by atoms with Gasteiger partial charge in [-0.2, -0.15) is 0 Å². The topological polar surface area (TPSA) is 47.6 Å². The fourth-order valence-electron chi connectivity index (χ4n) is 8.94. The molecular formula is C34H48NO3P. The maximum Gasteiger partial charge on any atom is 0.352 e. The Morgan fingerprint density at radius 3 is 1.64 bits per heavy atom. The number of rotatable bonds is 9. The summed E-state index contributed by atoms with van der Waals surface area (Å²) in [6, 6.07) is 20.6. The summed E-state index contributed by atoms with van der Waals surface area (Å²) in [6.07, 6.45) is 6.51. The maximum absolute atomic E-state index is 15.6. The highest BCUT2D eigenvalue weighted by Gasteiger charge is 2.66. The lowest BCUT2D eigenvalue weighted by molar-refractivity contribution is -0.0174. The molecule has 8 atom stereocenters. The lowest BCUT2D eigenvalue weighted by atomic mass is 9.70. The van der Waals surface area contributed by atoms with E-state index in [1.54, 1.807) is 0 Å². The van der Waals surface area contributed by atoms with Crippen LogP contribution in [0.25, 0.3) is 0 Å². The molecule has 2 aromatic carbocycles. The minimum absolute atomic E-state index is 0.00475. The molecule has 2 aromatic rings. The van der Waals surface area contributed by atoms with Gasteiger partial charge >= 0.3 is 7.60 Å². The van der Waals surface area contributed by atoms with Gasteiger partial charge in [0.1, 0.15) is 5.78 Å². The van der Waals surface area contributed by atoms with E-state index in [0.29, 0.717) is 18.4 Å². The molecule has 0 amide bonds. The van der Waals surface area contributed by atoms with Crippen LogP contribution in [0.1, 0.15) is 97.0 Å². The molecule has 4 aliphatic carbocycles. The van der Waals surface area contributed by atoms with Crippen molar-refractivity contribution < 1.29 is 13.6 Å². The Morgan fingerprint density at radius 1 is 0.769 bits per heavy atom. The minimum Gasteiger partial charge on any atom is -0.303 e. The van der Waals surface area contributed by atoms with Crippen LogP contribution in [-0.4, -0.2) is 12.2 Å². The predicted octanol–water partition coefficient (Wildman–Crippen LogP) is 9.13. The second-order valence-electron chi connectivity index (χ2n) is 14.6. The average Bonchev–Trinajstić information content (AvgIpc) is 3.42. The van der Waals surface area contributed by atoms with E-state index < -0.39 is 13.4 Å². The monoisotopic (exact) mass is 549 g/mol. The Labute approximate surface area is 236 Å². The van der Waals surface area contributed by atoms with Gasteiger partial charge in [0.15, 0.2) is 0 Å². The fourth-order valence-corrected chi connectivity index (χ4v) is 11.4. The smallest absolute Gasteiger partial charge is 0.303 e. The van der Waals surface area contributed by atoms with Crippen LogP contribution in [0, 0.1) is 33.5 Å². The molecule has 0 spiro atoms. The summed E-state index contributed by atoms with van der Waals surface area (Å²) in [5.41, 5.74) is 2.46. The van der Waals surface area contributed by atoms with E-state index in [-0.39, 0.29) is 33.9 Å². The Balaban J connectivity index is 1.38. The largest absolute Gasteiger partial charge is 0.352 e. The molecule has 0 aromatic heterocycles. The van der Waals surface area contributed by atoms with Gasteiger partial charge < -0.3 is 9.05 Å². The summed E-state index contributed by atoms with van der Waals surface area (Å²) < 4.78 is 29.7. The molecular weight excluding hydrogens is 501 g/mol. The van der Waals surface area contributed by atoms with Crippen molar-refractivity contribution in [2.75, 3.05) is 0 Å². The van der Waals surface area contributed by atoms with Crippen molar-refractivity contribution in [2.24, 2.45) is 33.5 Å². The molecule has 4 fully saturated rings. The molecule has 0 radical (unpaired) electrons. The van der Waals surface area contributed by atoms with E-state index in [1.165, 1.54) is 12.8 Å². The van der Waals surface area contributed by atoms with Crippen LogP contribution in [0.2, 0.25) is 0 Å². The van der Waals surface area contributed by atoms with Crippen LogP contribution in [0.5, 0.6) is 0 Å². The van der Waals surface area contributed by atoms with E-state index in [2.05, 4.69) is 83.3 Å². The molecule has 39 heavy (non-hydrogen) atoms. The average molecular weight is 550 g/mol. The summed E-state index contributed by atoms with van der Waals surface area (Å²) >= 11 is 0. The zero-order valence-corrected chi connectivity index (χ0v) is 25.7. The van der Waals surface area contributed by atoms with Crippen LogP contribution in [-0.2, 0) is 20.2 Å². The van der Waals surface area contributed by atoms with Crippen LogP contribution in [0.4, 0.5) is 0 Å². The first kappa shape index (κ1) is 27.7. The van der Waals surface area contributed by atoms with Crippen molar-refractivity contribution in [3.63, 3.8) is 0 Å². The summed E-state index contributed by atoms with van der Waals surface area (Å²) in [6.45, 7) is 14.9. The zero-order chi connectivity index (χ0) is 27.7. The van der Waals surface area contributed by atoms with Gasteiger partial charge in [-0.05, 0) is 83.1 Å². The van der Waals surface area contributed by atoms with Crippen molar-refractivity contribution >= 4 is 7.60 Å². The summed E-state index contributed by atoms with van der Waals surface area (Å²) in [4.78, 5) is 0. The summed E-state index contributed by atoms with van der Waals surface area (Å²) in [5, 5.41) is 3.68. The second kappa shape index (κ2) is 9.55. The Morgan fingerprint density at radius 2 is 1.23 bits per heavy atom. The Kier molecular flexibility index (Phi) is 6.78. The third-order valence-electron chi connectivity index (χ3n) is 12.8. The van der Waals surface area contributed by atoms with Crippen molar-refractivity contribution in [3.05, 3.63) is 71.8 Å². The van der Waals surface area contributed by atoms with Crippen LogP contribution < -0.4 is 5.32 Å². The highest BCUT2D eigenvalue weighted by molar-refractivity contribution is 7.54. The standard InChI is InChI=1S/C34H48NO3P/c1-31(2)26-17-19-33(31,5)28(21-26)37-39(36,38-29-22-27-18-20-34(29,6)32(27,3)4)30(25-15-11-8-12-16-25)35-23-24-13-9-7-10-14-24/h7-16,26-30,35H,17-23H2,1-6H3/t26-,27+,28-,29-,30-,33-,34+,39?/m1/s1. The van der Waals surface area contributed by atoms with Crippen molar-refractivity contribution in [3.8, 4) is 0 Å². The van der Waals surface area contributed by atoms with Gasteiger partial charge in [0.2, 0.25) is 0 Å². The molecule has 0 aliphatic heterocycles. The molecule has 1 unspecified atom stereocenters. The van der Waals surface area contributed by atoms with E-state index in [4.69, 9.17) is 9.05 Å². The van der Waals surface area contributed by atoms with Crippen LogP contribution in [0.15, 0.2) is 60.7 Å². The highest BCUT2D eigenvalue weighted by Crippen LogP contribution is 2.74. The van der Waals surface area contributed by atoms with Crippen molar-refractivity contribution in [1.29, 1.82) is 0 Å². The summed E-state index contributed by atoms with van der Waals surface area (Å²) in [7, 11) is -3.66. The maximum atomic E-state index is 15.6. The molecule has 6 rings (SSSR count). The number of benzene rings is 2. The number of nitrogens with one attached hydrogen (secondary N) is 1. The third kappa shape index (κ3) is 4.23. The molecule has 1 N–H and O–H groups in total. The van der Waals surface area contributed by atoms with E-state index >= 15 is 4.57 Å². The first-order valence-electron chi connectivity index (χ1n) is 15.2. The summed E-state index contributed by atoms with van der Waals surface area (Å²) in [5.74, 6) is 0.676. The van der Waals surface area contributed by atoms with E-state index in [1.807, 2.05) is 24.3 Å². The molecule has 4 bridgehead atoms. The van der Waals surface area contributed by atoms with Gasteiger partial charge in [-0.15, -0.1) is 0 Å². The molecule has 0 heterocycles. The normalized spacial score (nSPS) is 38.1. The Bertz CT molecular complexity index is 1180. The van der Waals surface area contributed by atoms with E-state index in [9.17, 15) is 0 Å². The second-order valence-corrected chi connectivity index (χ2v) is 16.6. The van der Waals surface area contributed by atoms with E-state index in [0.717, 1.165) is 36.8 Å². The minimum atomic E-state index is -3.66. The fraction of sp³-hybridized carbons (Fsp3) is 0.647. The van der Waals surface area contributed by atoms with Gasteiger partial charge in [-0.25, -0.2) is 0 Å². The molecule has 4 saturated carbocycles. The van der Waals surface area contributed by atoms with Gasteiger partial charge in [0.05, 0.1) is 12.2 Å².